The Bertz CT molecular complexity index is 931. The number of hydrogen-bond donors (Lipinski definition) is 0. The first-order valence-corrected chi connectivity index (χ1v) is 8.46. The van der Waals surface area contributed by atoms with Crippen LogP contribution < -0.4 is 4.18 Å². The van der Waals surface area contributed by atoms with Crippen LogP contribution in [0.25, 0.3) is 11.3 Å². The molecule has 0 aliphatic heterocycles. The summed E-state index contributed by atoms with van der Waals surface area (Å²) in [7, 11) is -4.04. The van der Waals surface area contributed by atoms with E-state index in [0.29, 0.717) is 11.4 Å². The molecule has 3 rings (SSSR count). The molecule has 0 atom stereocenters. The van der Waals surface area contributed by atoms with E-state index in [9.17, 15) is 8.42 Å². The van der Waals surface area contributed by atoms with Crippen molar-refractivity contribution >= 4 is 10.3 Å². The molecule has 118 valence electrons. The van der Waals surface area contributed by atoms with Crippen molar-refractivity contribution in [2.45, 2.75) is 13.8 Å². The fourth-order valence-corrected chi connectivity index (χ4v) is 3.28. The number of aryl methyl sites for hydroxylation is 2. The molecule has 0 aliphatic rings. The maximum atomic E-state index is 12.4. The van der Waals surface area contributed by atoms with Gasteiger partial charge in [0.15, 0.2) is 0 Å². The highest BCUT2D eigenvalue weighted by Gasteiger charge is 2.21. The van der Waals surface area contributed by atoms with Crippen LogP contribution in [-0.2, 0) is 10.3 Å². The highest BCUT2D eigenvalue weighted by atomic mass is 32.2. The van der Waals surface area contributed by atoms with E-state index in [1.54, 1.807) is 43.3 Å². The lowest BCUT2D eigenvalue weighted by molar-refractivity contribution is 0.468. The monoisotopic (exact) mass is 328 g/mol. The molecule has 0 N–H and O–H groups in total. The van der Waals surface area contributed by atoms with Crippen LogP contribution in [0, 0.1) is 13.8 Å². The lowest BCUT2D eigenvalue weighted by atomic mass is 10.1. The Morgan fingerprint density at radius 2 is 1.70 bits per heavy atom. The van der Waals surface area contributed by atoms with Crippen molar-refractivity contribution in [2.24, 2.45) is 0 Å². The van der Waals surface area contributed by atoms with Crippen molar-refractivity contribution in [2.75, 3.05) is 0 Å². The van der Waals surface area contributed by atoms with Gasteiger partial charge >= 0.3 is 10.3 Å². The van der Waals surface area contributed by atoms with Crippen molar-refractivity contribution in [3.8, 4) is 17.0 Å². The lowest BCUT2D eigenvalue weighted by Crippen LogP contribution is -2.21. The maximum Gasteiger partial charge on any atom is 0.429 e. The van der Waals surface area contributed by atoms with E-state index >= 15 is 0 Å². The summed E-state index contributed by atoms with van der Waals surface area (Å²) in [4.78, 5) is 0. The van der Waals surface area contributed by atoms with Gasteiger partial charge in [-0.15, -0.1) is 4.09 Å². The summed E-state index contributed by atoms with van der Waals surface area (Å²) in [5.74, 6) is 0.250. The van der Waals surface area contributed by atoms with Gasteiger partial charge in [-0.2, -0.15) is 13.5 Å². The summed E-state index contributed by atoms with van der Waals surface area (Å²) in [5, 5.41) is 4.19. The van der Waals surface area contributed by atoms with Crippen LogP contribution in [0.3, 0.4) is 0 Å². The Balaban J connectivity index is 1.97. The molecule has 0 radical (unpaired) electrons. The molecule has 6 heteroatoms. The fourth-order valence-electron chi connectivity index (χ4n) is 2.26. The Hall–Kier alpha value is -2.60. The molecule has 0 saturated carbocycles. The SMILES string of the molecule is Cc1cccc(-c2cc(C)n(S(=O)(=O)Oc3ccccc3)n2)c1. The van der Waals surface area contributed by atoms with Gasteiger partial charge < -0.3 is 4.18 Å². The highest BCUT2D eigenvalue weighted by Crippen LogP contribution is 2.22. The number of para-hydroxylation sites is 1. The van der Waals surface area contributed by atoms with E-state index in [0.717, 1.165) is 15.2 Å². The molecule has 1 aromatic heterocycles. The van der Waals surface area contributed by atoms with Crippen LogP contribution in [0.4, 0.5) is 0 Å². The highest BCUT2D eigenvalue weighted by molar-refractivity contribution is 7.85. The van der Waals surface area contributed by atoms with Gasteiger partial charge in [-0.25, -0.2) is 0 Å². The molecular weight excluding hydrogens is 312 g/mol. The summed E-state index contributed by atoms with van der Waals surface area (Å²) in [6.45, 7) is 3.65. The zero-order valence-electron chi connectivity index (χ0n) is 12.8. The van der Waals surface area contributed by atoms with E-state index in [-0.39, 0.29) is 5.75 Å². The third-order valence-corrected chi connectivity index (χ3v) is 4.51. The average molecular weight is 328 g/mol. The molecule has 2 aromatic carbocycles. The van der Waals surface area contributed by atoms with Crippen molar-refractivity contribution in [1.82, 2.24) is 9.19 Å². The largest absolute Gasteiger partial charge is 0.429 e. The first-order chi connectivity index (χ1) is 11.0. The smallest absolute Gasteiger partial charge is 0.366 e. The van der Waals surface area contributed by atoms with Gasteiger partial charge in [-0.1, -0.05) is 42.0 Å². The standard InChI is InChI=1S/C17H16N2O3S/c1-13-7-6-8-15(11-13)17-12-14(2)19(18-17)23(20,21)22-16-9-4-3-5-10-16/h3-12H,1-2H3. The molecule has 0 aliphatic carbocycles. The minimum atomic E-state index is -4.04. The van der Waals surface area contributed by atoms with Crippen LogP contribution in [0.1, 0.15) is 11.3 Å². The summed E-state index contributed by atoms with van der Waals surface area (Å²) >= 11 is 0. The molecule has 0 spiro atoms. The summed E-state index contributed by atoms with van der Waals surface area (Å²) in [5.41, 5.74) is 3.02. The predicted molar refractivity (Wildman–Crippen MR) is 88.5 cm³/mol. The van der Waals surface area contributed by atoms with E-state index in [4.69, 9.17) is 4.18 Å². The molecule has 1 heterocycles. The average Bonchev–Trinajstić information content (AvgIpc) is 2.91. The van der Waals surface area contributed by atoms with Crippen LogP contribution in [-0.4, -0.2) is 17.6 Å². The van der Waals surface area contributed by atoms with Gasteiger partial charge in [0.2, 0.25) is 0 Å². The zero-order chi connectivity index (χ0) is 16.4. The van der Waals surface area contributed by atoms with Crippen LogP contribution in [0.2, 0.25) is 0 Å². The number of nitrogens with zero attached hydrogens (tertiary/aromatic N) is 2. The number of hydrogen-bond acceptors (Lipinski definition) is 4. The van der Waals surface area contributed by atoms with E-state index < -0.39 is 10.3 Å². The quantitative estimate of drug-likeness (QED) is 0.737. The summed E-state index contributed by atoms with van der Waals surface area (Å²) in [6.07, 6.45) is 0. The van der Waals surface area contributed by atoms with E-state index in [2.05, 4.69) is 5.10 Å². The molecule has 23 heavy (non-hydrogen) atoms. The van der Waals surface area contributed by atoms with Gasteiger partial charge in [0.05, 0.1) is 11.4 Å². The van der Waals surface area contributed by atoms with Gasteiger partial charge in [0.1, 0.15) is 5.75 Å². The Kier molecular flexibility index (Phi) is 3.92. The van der Waals surface area contributed by atoms with Gasteiger partial charge in [0.25, 0.3) is 0 Å². The second kappa shape index (κ2) is 5.89. The second-order valence-electron chi connectivity index (χ2n) is 5.24. The number of aromatic nitrogens is 2. The van der Waals surface area contributed by atoms with Gasteiger partial charge in [-0.05, 0) is 38.1 Å². The normalized spacial score (nSPS) is 11.4. The van der Waals surface area contributed by atoms with E-state index in [1.807, 2.05) is 31.2 Å². The molecule has 0 unspecified atom stereocenters. The van der Waals surface area contributed by atoms with Crippen molar-refractivity contribution in [3.63, 3.8) is 0 Å². The van der Waals surface area contributed by atoms with Crippen LogP contribution in [0.15, 0.2) is 60.7 Å². The molecule has 0 saturated heterocycles. The van der Waals surface area contributed by atoms with Crippen molar-refractivity contribution < 1.29 is 12.6 Å². The molecule has 5 nitrogen and oxygen atoms in total. The van der Waals surface area contributed by atoms with E-state index in [1.165, 1.54) is 0 Å². The lowest BCUT2D eigenvalue weighted by Gasteiger charge is -2.07. The molecule has 3 aromatic rings. The topological polar surface area (TPSA) is 61.2 Å². The molecule has 0 amide bonds. The number of benzene rings is 2. The summed E-state index contributed by atoms with van der Waals surface area (Å²) in [6, 6.07) is 17.8. The number of rotatable bonds is 4. The Labute approximate surface area is 135 Å². The van der Waals surface area contributed by atoms with Gasteiger partial charge in [0, 0.05) is 5.56 Å². The second-order valence-corrected chi connectivity index (χ2v) is 6.61. The zero-order valence-corrected chi connectivity index (χ0v) is 13.6. The molecule has 0 fully saturated rings. The maximum absolute atomic E-state index is 12.4. The Morgan fingerprint density at radius 3 is 2.39 bits per heavy atom. The first-order valence-electron chi connectivity index (χ1n) is 7.09. The third kappa shape index (κ3) is 3.27. The first kappa shape index (κ1) is 15.3. The minimum Gasteiger partial charge on any atom is -0.366 e. The molecule has 0 bridgehead atoms. The predicted octanol–water partition coefficient (Wildman–Crippen LogP) is 3.34. The fraction of sp³-hybridized carbons (Fsp3) is 0.118. The Morgan fingerprint density at radius 1 is 0.957 bits per heavy atom. The van der Waals surface area contributed by atoms with Gasteiger partial charge in [-0.3, -0.25) is 0 Å². The van der Waals surface area contributed by atoms with Crippen molar-refractivity contribution in [3.05, 3.63) is 71.9 Å². The van der Waals surface area contributed by atoms with Crippen LogP contribution >= 0.6 is 0 Å². The minimum absolute atomic E-state index is 0.250. The molecular formula is C17H16N2O3S. The van der Waals surface area contributed by atoms with Crippen LogP contribution in [0.5, 0.6) is 5.75 Å². The summed E-state index contributed by atoms with van der Waals surface area (Å²) < 4.78 is 30.9. The third-order valence-electron chi connectivity index (χ3n) is 3.32. The van der Waals surface area contributed by atoms with Crippen molar-refractivity contribution in [1.29, 1.82) is 0 Å².